The number of nitrogens with one attached hydrogen (secondary N) is 2. The van der Waals surface area contributed by atoms with Gasteiger partial charge in [-0.05, 0) is 66.2 Å². The summed E-state index contributed by atoms with van der Waals surface area (Å²) in [5.74, 6) is 0.0940. The molecule has 2 N–H and O–H groups in total. The van der Waals surface area contributed by atoms with Gasteiger partial charge in [-0.25, -0.2) is 17.8 Å². The van der Waals surface area contributed by atoms with E-state index in [4.69, 9.17) is 4.74 Å². The van der Waals surface area contributed by atoms with Gasteiger partial charge in [0.2, 0.25) is 5.88 Å². The molecule has 0 saturated carbocycles. The lowest BCUT2D eigenvalue weighted by Gasteiger charge is -2.10. The smallest absolute Gasteiger partial charge is 0.261 e. The van der Waals surface area contributed by atoms with E-state index >= 15 is 0 Å². The molecule has 4 aromatic rings. The van der Waals surface area contributed by atoms with Crippen LogP contribution < -0.4 is 14.8 Å². The zero-order valence-corrected chi connectivity index (χ0v) is 18.6. The molecule has 1 aromatic heterocycles. The van der Waals surface area contributed by atoms with Crippen molar-refractivity contribution in [3.05, 3.63) is 114 Å². The molecule has 1 heterocycles. The zero-order valence-electron chi connectivity index (χ0n) is 17.8. The van der Waals surface area contributed by atoms with Crippen molar-refractivity contribution in [3.8, 4) is 11.6 Å². The molecular formula is C25H20FN3O4S. The molecule has 0 unspecified atom stereocenters. The van der Waals surface area contributed by atoms with Crippen LogP contribution in [0, 0.1) is 5.82 Å². The van der Waals surface area contributed by atoms with Crippen molar-refractivity contribution in [2.24, 2.45) is 0 Å². The Hall–Kier alpha value is -4.24. The maximum atomic E-state index is 13.3. The monoisotopic (exact) mass is 477 g/mol. The van der Waals surface area contributed by atoms with Crippen molar-refractivity contribution in [2.45, 2.75) is 11.4 Å². The molecule has 34 heavy (non-hydrogen) atoms. The number of carbonyl (C=O) groups is 1. The molecule has 0 aliphatic heterocycles. The number of nitrogens with zero attached hydrogens (tertiary/aromatic N) is 1. The number of hydrogen-bond donors (Lipinski definition) is 2. The summed E-state index contributed by atoms with van der Waals surface area (Å²) in [4.78, 5) is 16.4. The first-order valence-corrected chi connectivity index (χ1v) is 11.7. The minimum Gasteiger partial charge on any atom is -0.439 e. The molecular weight excluding hydrogens is 457 g/mol. The van der Waals surface area contributed by atoms with Gasteiger partial charge in [0, 0.05) is 30.1 Å². The molecule has 0 spiro atoms. The molecule has 9 heteroatoms. The Morgan fingerprint density at radius 1 is 0.912 bits per heavy atom. The van der Waals surface area contributed by atoms with Crippen molar-refractivity contribution in [1.82, 2.24) is 10.3 Å². The molecule has 0 fully saturated rings. The number of aromatic nitrogens is 1. The van der Waals surface area contributed by atoms with Crippen LogP contribution in [0.1, 0.15) is 15.9 Å². The lowest BCUT2D eigenvalue weighted by Crippen LogP contribution is -2.22. The number of halogens is 1. The third-order valence-electron chi connectivity index (χ3n) is 4.72. The van der Waals surface area contributed by atoms with Crippen LogP contribution in [0.4, 0.5) is 10.1 Å². The summed E-state index contributed by atoms with van der Waals surface area (Å²) in [7, 11) is -3.95. The highest BCUT2D eigenvalue weighted by Gasteiger charge is 2.15. The minimum atomic E-state index is -3.95. The Morgan fingerprint density at radius 2 is 1.71 bits per heavy atom. The lowest BCUT2D eigenvalue weighted by molar-refractivity contribution is 0.0951. The Labute approximate surface area is 196 Å². The normalized spacial score (nSPS) is 11.0. The largest absolute Gasteiger partial charge is 0.439 e. The van der Waals surface area contributed by atoms with Crippen LogP contribution in [0.5, 0.6) is 11.6 Å². The van der Waals surface area contributed by atoms with Crippen LogP contribution in [0.2, 0.25) is 0 Å². The first kappa shape index (κ1) is 22.9. The van der Waals surface area contributed by atoms with Crippen LogP contribution in [0.3, 0.4) is 0 Å². The van der Waals surface area contributed by atoms with Crippen molar-refractivity contribution >= 4 is 21.6 Å². The summed E-state index contributed by atoms with van der Waals surface area (Å²) < 4.78 is 46.2. The van der Waals surface area contributed by atoms with E-state index in [0.29, 0.717) is 17.2 Å². The van der Waals surface area contributed by atoms with Crippen molar-refractivity contribution < 1.29 is 22.3 Å². The summed E-state index contributed by atoms with van der Waals surface area (Å²) in [6.45, 7) is 0.270. The van der Waals surface area contributed by atoms with Gasteiger partial charge in [-0.15, -0.1) is 0 Å². The second kappa shape index (κ2) is 10.1. The minimum absolute atomic E-state index is 0.191. The fraction of sp³-hybridized carbons (Fsp3) is 0.0400. The van der Waals surface area contributed by atoms with Crippen LogP contribution in [-0.4, -0.2) is 19.3 Å². The van der Waals surface area contributed by atoms with E-state index in [9.17, 15) is 17.6 Å². The molecule has 0 aliphatic rings. The first-order chi connectivity index (χ1) is 16.4. The Balaban J connectivity index is 1.36. The van der Waals surface area contributed by atoms with Gasteiger partial charge in [-0.2, -0.15) is 0 Å². The molecule has 0 bridgehead atoms. The number of carbonyl (C=O) groups excluding carboxylic acids is 1. The van der Waals surface area contributed by atoms with Crippen molar-refractivity contribution in [2.75, 3.05) is 4.72 Å². The summed E-state index contributed by atoms with van der Waals surface area (Å²) in [6, 6.07) is 23.3. The summed E-state index contributed by atoms with van der Waals surface area (Å²) >= 11 is 0. The number of anilines is 1. The molecule has 0 radical (unpaired) electrons. The highest BCUT2D eigenvalue weighted by molar-refractivity contribution is 7.92. The molecule has 4 rings (SSSR count). The SMILES string of the molecule is O=C(NCc1cccc(Oc2ccccn2)c1)c1ccc(NS(=O)(=O)c2cccc(F)c2)cc1. The van der Waals surface area contributed by atoms with E-state index in [1.54, 1.807) is 30.5 Å². The zero-order chi connectivity index (χ0) is 24.0. The van der Waals surface area contributed by atoms with Crippen LogP contribution in [-0.2, 0) is 16.6 Å². The van der Waals surface area contributed by atoms with Gasteiger partial charge in [-0.3, -0.25) is 9.52 Å². The predicted molar refractivity (Wildman–Crippen MR) is 126 cm³/mol. The van der Waals surface area contributed by atoms with E-state index in [0.717, 1.165) is 17.7 Å². The number of rotatable bonds is 8. The Morgan fingerprint density at radius 3 is 2.44 bits per heavy atom. The molecule has 3 aromatic carbocycles. The van der Waals surface area contributed by atoms with Gasteiger partial charge in [0.05, 0.1) is 4.90 Å². The Bertz CT molecular complexity index is 1400. The van der Waals surface area contributed by atoms with Crippen molar-refractivity contribution in [1.29, 1.82) is 0 Å². The third-order valence-corrected chi connectivity index (χ3v) is 6.10. The molecule has 1 amide bonds. The van der Waals surface area contributed by atoms with E-state index in [2.05, 4.69) is 15.0 Å². The summed E-state index contributed by atoms with van der Waals surface area (Å²) in [5.41, 5.74) is 1.44. The summed E-state index contributed by atoms with van der Waals surface area (Å²) in [6.07, 6.45) is 1.64. The highest BCUT2D eigenvalue weighted by Crippen LogP contribution is 2.20. The number of pyridine rings is 1. The average Bonchev–Trinajstić information content (AvgIpc) is 2.84. The lowest BCUT2D eigenvalue weighted by atomic mass is 10.1. The maximum Gasteiger partial charge on any atom is 0.261 e. The van der Waals surface area contributed by atoms with Crippen LogP contribution in [0.15, 0.2) is 102 Å². The summed E-state index contributed by atoms with van der Waals surface area (Å²) in [5, 5.41) is 2.82. The molecule has 0 saturated heterocycles. The maximum absolute atomic E-state index is 13.3. The number of sulfonamides is 1. The van der Waals surface area contributed by atoms with Gasteiger partial charge in [-0.1, -0.05) is 24.3 Å². The first-order valence-electron chi connectivity index (χ1n) is 10.2. The fourth-order valence-corrected chi connectivity index (χ4v) is 4.16. The quantitative estimate of drug-likeness (QED) is 0.382. The van der Waals surface area contributed by atoms with Crippen LogP contribution >= 0.6 is 0 Å². The molecule has 0 aliphatic carbocycles. The molecule has 172 valence electrons. The standard InChI is InChI=1S/C25H20FN3O4S/c26-20-6-4-8-23(16-20)34(31,32)29-21-12-10-19(11-13-21)25(30)28-17-18-5-3-7-22(15-18)33-24-9-1-2-14-27-24/h1-16,29H,17H2,(H,28,30). The van der Waals surface area contributed by atoms with E-state index in [-0.39, 0.29) is 23.0 Å². The van der Waals surface area contributed by atoms with Gasteiger partial charge in [0.25, 0.3) is 15.9 Å². The van der Waals surface area contributed by atoms with Gasteiger partial charge in [0.1, 0.15) is 11.6 Å². The fourth-order valence-electron chi connectivity index (χ4n) is 3.07. The third kappa shape index (κ3) is 5.96. The number of benzene rings is 3. The number of ether oxygens (including phenoxy) is 1. The van der Waals surface area contributed by atoms with Gasteiger partial charge in [0.15, 0.2) is 0 Å². The van der Waals surface area contributed by atoms with Gasteiger partial charge >= 0.3 is 0 Å². The predicted octanol–water partition coefficient (Wildman–Crippen LogP) is 4.74. The molecule has 0 atom stereocenters. The number of amides is 1. The number of hydrogen-bond acceptors (Lipinski definition) is 5. The topological polar surface area (TPSA) is 97.4 Å². The van der Waals surface area contributed by atoms with E-state index < -0.39 is 15.8 Å². The Kier molecular flexibility index (Phi) is 6.84. The molecule has 7 nitrogen and oxygen atoms in total. The average molecular weight is 478 g/mol. The second-order valence-electron chi connectivity index (χ2n) is 7.24. The van der Waals surface area contributed by atoms with Crippen molar-refractivity contribution in [3.63, 3.8) is 0 Å². The van der Waals surface area contributed by atoms with Gasteiger partial charge < -0.3 is 10.1 Å². The van der Waals surface area contributed by atoms with E-state index in [1.807, 2.05) is 18.2 Å². The highest BCUT2D eigenvalue weighted by atomic mass is 32.2. The van der Waals surface area contributed by atoms with Crippen LogP contribution in [0.25, 0.3) is 0 Å². The second-order valence-corrected chi connectivity index (χ2v) is 8.92. The van der Waals surface area contributed by atoms with E-state index in [1.165, 1.54) is 36.4 Å².